The summed E-state index contributed by atoms with van der Waals surface area (Å²) in [6.45, 7) is 0. The van der Waals surface area contributed by atoms with Crippen molar-refractivity contribution >= 4 is 45.9 Å². The number of amidine groups is 1. The summed E-state index contributed by atoms with van der Waals surface area (Å²) in [5.41, 5.74) is 2.96. The van der Waals surface area contributed by atoms with Gasteiger partial charge >= 0.3 is 0 Å². The van der Waals surface area contributed by atoms with E-state index in [0.29, 0.717) is 10.1 Å². The largest absolute Gasteiger partial charge is 0.497 e. The monoisotopic (exact) mass is 436 g/mol. The molecule has 0 N–H and O–H groups in total. The highest BCUT2D eigenvalue weighted by Crippen LogP contribution is 2.36. The van der Waals surface area contributed by atoms with Gasteiger partial charge in [-0.3, -0.25) is 9.69 Å². The lowest BCUT2D eigenvalue weighted by molar-refractivity contribution is -0.121. The second kappa shape index (κ2) is 8.77. The normalized spacial score (nSPS) is 16.5. The molecule has 1 fully saturated rings. The van der Waals surface area contributed by atoms with Crippen LogP contribution in [0.1, 0.15) is 4.88 Å². The molecule has 0 unspecified atom stereocenters. The van der Waals surface area contributed by atoms with E-state index in [0.717, 1.165) is 33.2 Å². The zero-order chi connectivity index (χ0) is 21.1. The first-order valence-corrected chi connectivity index (χ1v) is 10.9. The van der Waals surface area contributed by atoms with Crippen molar-refractivity contribution in [3.8, 4) is 22.6 Å². The zero-order valence-corrected chi connectivity index (χ0v) is 18.4. The molecule has 0 spiro atoms. The minimum absolute atomic E-state index is 0.0522. The lowest BCUT2D eigenvalue weighted by Gasteiger charge is -2.07. The number of hydrogen-bond donors (Lipinski definition) is 0. The predicted octanol–water partition coefficient (Wildman–Crippen LogP) is 5.67. The minimum atomic E-state index is -0.0522. The van der Waals surface area contributed by atoms with E-state index in [1.165, 1.54) is 11.8 Å². The molecule has 5 nitrogen and oxygen atoms in total. The molecule has 4 rings (SSSR count). The fraction of sp³-hybridized carbons (Fsp3) is 0.130. The number of methoxy groups -OCH3 is 2. The van der Waals surface area contributed by atoms with Gasteiger partial charge in [0.1, 0.15) is 11.5 Å². The van der Waals surface area contributed by atoms with Crippen LogP contribution in [0.25, 0.3) is 17.2 Å². The number of aliphatic imine (C=N–C) groups is 1. The molecule has 1 saturated heterocycles. The number of benzene rings is 2. The van der Waals surface area contributed by atoms with E-state index < -0.39 is 0 Å². The number of nitrogens with zero attached hydrogens (tertiary/aromatic N) is 2. The van der Waals surface area contributed by atoms with E-state index in [1.54, 1.807) is 37.5 Å². The lowest BCUT2D eigenvalue weighted by Crippen LogP contribution is -2.23. The van der Waals surface area contributed by atoms with Gasteiger partial charge in [-0.25, -0.2) is 4.99 Å². The Morgan fingerprint density at radius 1 is 0.967 bits per heavy atom. The molecule has 1 aromatic heterocycles. The van der Waals surface area contributed by atoms with Gasteiger partial charge < -0.3 is 9.47 Å². The van der Waals surface area contributed by atoms with E-state index in [-0.39, 0.29) is 5.91 Å². The van der Waals surface area contributed by atoms with E-state index in [4.69, 9.17) is 9.47 Å². The molecule has 7 heteroatoms. The summed E-state index contributed by atoms with van der Waals surface area (Å²) in [5, 5.41) is 2.74. The molecule has 0 aliphatic carbocycles. The molecule has 0 atom stereocenters. The molecule has 3 aromatic rings. The molecule has 0 radical (unpaired) electrons. The number of rotatable bonds is 5. The molecule has 30 heavy (non-hydrogen) atoms. The van der Waals surface area contributed by atoms with Gasteiger partial charge in [-0.1, -0.05) is 12.1 Å². The summed E-state index contributed by atoms with van der Waals surface area (Å²) in [6, 6.07) is 17.5. The van der Waals surface area contributed by atoms with Crippen LogP contribution in [-0.2, 0) is 4.79 Å². The number of ether oxygens (including phenoxy) is 2. The van der Waals surface area contributed by atoms with Crippen molar-refractivity contribution in [3.63, 3.8) is 0 Å². The zero-order valence-electron chi connectivity index (χ0n) is 16.8. The number of likely N-dealkylation sites (N-methyl/N-ethyl adjacent to an activating group) is 1. The van der Waals surface area contributed by atoms with Gasteiger partial charge in [-0.15, -0.1) is 11.3 Å². The highest BCUT2D eigenvalue weighted by molar-refractivity contribution is 8.18. The van der Waals surface area contributed by atoms with Crippen LogP contribution in [0.4, 0.5) is 5.69 Å². The number of thioether (sulfide) groups is 1. The van der Waals surface area contributed by atoms with Gasteiger partial charge in [0, 0.05) is 11.9 Å². The quantitative estimate of drug-likeness (QED) is 0.484. The maximum atomic E-state index is 12.7. The van der Waals surface area contributed by atoms with Crippen molar-refractivity contribution in [2.24, 2.45) is 4.99 Å². The van der Waals surface area contributed by atoms with Crippen molar-refractivity contribution in [2.75, 3.05) is 21.3 Å². The van der Waals surface area contributed by atoms with Crippen molar-refractivity contribution in [1.82, 2.24) is 4.90 Å². The molecule has 0 bridgehead atoms. The summed E-state index contributed by atoms with van der Waals surface area (Å²) < 4.78 is 10.5. The van der Waals surface area contributed by atoms with Gasteiger partial charge in [0.2, 0.25) is 0 Å². The van der Waals surface area contributed by atoms with Crippen LogP contribution < -0.4 is 9.47 Å². The van der Waals surface area contributed by atoms with Gasteiger partial charge in [-0.2, -0.15) is 0 Å². The lowest BCUT2D eigenvalue weighted by atomic mass is 10.1. The summed E-state index contributed by atoms with van der Waals surface area (Å²) >= 11 is 2.98. The Bertz CT molecular complexity index is 1130. The van der Waals surface area contributed by atoms with Gasteiger partial charge in [0.15, 0.2) is 5.17 Å². The third kappa shape index (κ3) is 4.27. The number of thiophene rings is 1. The Hall–Kier alpha value is -3.03. The maximum absolute atomic E-state index is 12.7. The first kappa shape index (κ1) is 20.3. The first-order valence-electron chi connectivity index (χ1n) is 9.20. The van der Waals surface area contributed by atoms with E-state index in [1.807, 2.05) is 54.6 Å². The number of carbonyl (C=O) groups is 1. The number of amides is 1. The van der Waals surface area contributed by atoms with Gasteiger partial charge in [-0.05, 0) is 76.8 Å². The highest BCUT2D eigenvalue weighted by Gasteiger charge is 2.30. The molecule has 0 saturated carbocycles. The smallest absolute Gasteiger partial charge is 0.266 e. The van der Waals surface area contributed by atoms with Crippen LogP contribution in [0.2, 0.25) is 0 Å². The Kier molecular flexibility index (Phi) is 5.92. The van der Waals surface area contributed by atoms with Crippen molar-refractivity contribution in [3.05, 3.63) is 69.8 Å². The molecule has 152 valence electrons. The summed E-state index contributed by atoms with van der Waals surface area (Å²) in [4.78, 5) is 20.6. The molecule has 2 aromatic carbocycles. The van der Waals surface area contributed by atoms with E-state index >= 15 is 0 Å². The Balaban J connectivity index is 1.56. The van der Waals surface area contributed by atoms with Crippen molar-refractivity contribution < 1.29 is 14.3 Å². The van der Waals surface area contributed by atoms with Crippen LogP contribution in [-0.4, -0.2) is 37.2 Å². The van der Waals surface area contributed by atoms with Crippen LogP contribution in [0.3, 0.4) is 0 Å². The van der Waals surface area contributed by atoms with Crippen molar-refractivity contribution in [2.45, 2.75) is 0 Å². The molecule has 2 heterocycles. The topological polar surface area (TPSA) is 51.1 Å². The fourth-order valence-electron chi connectivity index (χ4n) is 2.93. The Morgan fingerprint density at radius 3 is 2.47 bits per heavy atom. The summed E-state index contributed by atoms with van der Waals surface area (Å²) in [7, 11) is 5.03. The third-order valence-electron chi connectivity index (χ3n) is 4.60. The predicted molar refractivity (Wildman–Crippen MR) is 125 cm³/mol. The number of hydrogen-bond acceptors (Lipinski definition) is 6. The molecule has 1 aliphatic heterocycles. The molecular weight excluding hydrogens is 416 g/mol. The molecule has 1 aliphatic rings. The SMILES string of the molecule is COc1ccc(/N=C2/S/C(=C\c3cc(-c4cccc(OC)c4)cs3)C(=O)N2C)cc1. The van der Waals surface area contributed by atoms with Crippen LogP contribution in [0, 0.1) is 0 Å². The Labute approximate surface area is 183 Å². The van der Waals surface area contributed by atoms with Crippen LogP contribution in [0.5, 0.6) is 11.5 Å². The second-order valence-corrected chi connectivity index (χ2v) is 8.49. The standard InChI is InChI=1S/C23H20N2O3S2/c1-25-22(26)21(30-23(25)24-17-7-9-18(27-2)10-8-17)13-20-12-16(14-29-20)15-5-4-6-19(11-15)28-3/h4-14H,1-3H3/b21-13-,24-23+. The fourth-order valence-corrected chi connectivity index (χ4v) is 4.83. The average molecular weight is 437 g/mol. The van der Waals surface area contributed by atoms with Crippen LogP contribution >= 0.6 is 23.1 Å². The minimum Gasteiger partial charge on any atom is -0.497 e. The Morgan fingerprint density at radius 2 is 1.73 bits per heavy atom. The maximum Gasteiger partial charge on any atom is 0.266 e. The second-order valence-electron chi connectivity index (χ2n) is 6.54. The number of carbonyl (C=O) groups excluding carboxylic acids is 1. The summed E-state index contributed by atoms with van der Waals surface area (Å²) in [5.74, 6) is 1.54. The van der Waals surface area contributed by atoms with Crippen molar-refractivity contribution in [1.29, 1.82) is 0 Å². The summed E-state index contributed by atoms with van der Waals surface area (Å²) in [6.07, 6.45) is 1.92. The molecular formula is C23H20N2O3S2. The van der Waals surface area contributed by atoms with Gasteiger partial charge in [0.05, 0.1) is 24.8 Å². The third-order valence-corrected chi connectivity index (χ3v) is 6.54. The highest BCUT2D eigenvalue weighted by atomic mass is 32.2. The first-order chi connectivity index (χ1) is 14.6. The average Bonchev–Trinajstić information content (AvgIpc) is 3.35. The van der Waals surface area contributed by atoms with E-state index in [9.17, 15) is 4.79 Å². The van der Waals surface area contributed by atoms with E-state index in [2.05, 4.69) is 16.4 Å². The molecule has 1 amide bonds. The van der Waals surface area contributed by atoms with Gasteiger partial charge in [0.25, 0.3) is 5.91 Å². The van der Waals surface area contributed by atoms with Crippen LogP contribution in [0.15, 0.2) is 69.9 Å².